The van der Waals surface area contributed by atoms with E-state index in [9.17, 15) is 4.79 Å². The van der Waals surface area contributed by atoms with E-state index in [0.29, 0.717) is 19.7 Å². The van der Waals surface area contributed by atoms with Crippen LogP contribution in [0, 0.1) is 6.92 Å². The fourth-order valence-electron chi connectivity index (χ4n) is 3.69. The van der Waals surface area contributed by atoms with Gasteiger partial charge >= 0.3 is 6.09 Å². The zero-order valence-corrected chi connectivity index (χ0v) is 21.7. The van der Waals surface area contributed by atoms with Crippen molar-refractivity contribution in [1.29, 1.82) is 0 Å². The molecule has 182 valence electrons. The van der Waals surface area contributed by atoms with Crippen molar-refractivity contribution < 1.29 is 9.53 Å². The topological polar surface area (TPSA) is 71.1 Å². The highest BCUT2D eigenvalue weighted by atomic mass is 32.2. The average molecular weight is 507 g/mol. The molecule has 0 aliphatic rings. The normalized spacial score (nSPS) is 11.0. The largest absolute Gasteiger partial charge is 0.450 e. The molecule has 2 heterocycles. The zero-order chi connectivity index (χ0) is 24.5. The lowest BCUT2D eigenvalue weighted by molar-refractivity contribution is 0.105. The van der Waals surface area contributed by atoms with Gasteiger partial charge in [0.25, 0.3) is 0 Å². The highest BCUT2D eigenvalue weighted by molar-refractivity contribution is 7.99. The molecule has 0 aliphatic heterocycles. The monoisotopic (exact) mass is 506 g/mol. The number of carbonyl (C=O) groups excluding carboxylic acids is 1. The molecule has 0 fully saturated rings. The number of para-hydroxylation sites is 2. The van der Waals surface area contributed by atoms with Gasteiger partial charge in [0.15, 0.2) is 5.16 Å². The Morgan fingerprint density at radius 2 is 1.86 bits per heavy atom. The second-order valence-corrected chi connectivity index (χ2v) is 10.1. The Balaban J connectivity index is 1.30. The summed E-state index contributed by atoms with van der Waals surface area (Å²) in [5.41, 5.74) is 5.40. The number of imidazole rings is 1. The number of hydrogen-bond donors (Lipinski definition) is 1. The number of amides is 1. The predicted molar refractivity (Wildman–Crippen MR) is 144 cm³/mol. The van der Waals surface area contributed by atoms with Gasteiger partial charge in [0.05, 0.1) is 23.3 Å². The van der Waals surface area contributed by atoms with Gasteiger partial charge in [0, 0.05) is 29.9 Å². The van der Waals surface area contributed by atoms with E-state index in [2.05, 4.69) is 27.9 Å². The number of benzene rings is 2. The third-order valence-corrected chi connectivity index (χ3v) is 7.67. The Bertz CT molecular complexity index is 1210. The zero-order valence-electron chi connectivity index (χ0n) is 20.1. The Labute approximate surface area is 214 Å². The molecule has 0 saturated heterocycles. The van der Waals surface area contributed by atoms with Crippen molar-refractivity contribution in [3.8, 4) is 0 Å². The van der Waals surface area contributed by atoms with Crippen molar-refractivity contribution in [2.75, 3.05) is 18.9 Å². The summed E-state index contributed by atoms with van der Waals surface area (Å²) in [7, 11) is 0. The van der Waals surface area contributed by atoms with Crippen molar-refractivity contribution >= 4 is 40.7 Å². The summed E-state index contributed by atoms with van der Waals surface area (Å²) in [5.74, 6) is 1.67. The summed E-state index contributed by atoms with van der Waals surface area (Å²) >= 11 is 3.48. The number of ether oxygens (including phenoxy) is 1. The number of carbonyl (C=O) groups is 1. The van der Waals surface area contributed by atoms with Crippen LogP contribution in [0.2, 0.25) is 0 Å². The summed E-state index contributed by atoms with van der Waals surface area (Å²) in [6.45, 7) is 5.56. The quantitative estimate of drug-likeness (QED) is 0.180. The fraction of sp³-hybridized carbons (Fsp3) is 0.296. The van der Waals surface area contributed by atoms with Gasteiger partial charge in [-0.15, -0.1) is 11.8 Å². The smallest absolute Gasteiger partial charge is 0.410 e. The van der Waals surface area contributed by atoms with Crippen LogP contribution in [0.5, 0.6) is 0 Å². The molecule has 6 nitrogen and oxygen atoms in total. The van der Waals surface area contributed by atoms with Gasteiger partial charge in [-0.05, 0) is 55.3 Å². The van der Waals surface area contributed by atoms with Crippen LogP contribution in [0.4, 0.5) is 4.79 Å². The van der Waals surface area contributed by atoms with Gasteiger partial charge in [-0.2, -0.15) is 0 Å². The Morgan fingerprint density at radius 3 is 2.66 bits per heavy atom. The molecule has 0 aliphatic carbocycles. The summed E-state index contributed by atoms with van der Waals surface area (Å²) in [4.78, 5) is 28.1. The minimum atomic E-state index is -0.258. The first kappa shape index (κ1) is 25.1. The molecule has 1 amide bonds. The van der Waals surface area contributed by atoms with Crippen LogP contribution in [0.15, 0.2) is 76.9 Å². The Kier molecular flexibility index (Phi) is 9.08. The molecule has 0 saturated carbocycles. The molecule has 4 aromatic rings. The van der Waals surface area contributed by atoms with Crippen LogP contribution in [-0.2, 0) is 17.0 Å². The Morgan fingerprint density at radius 1 is 1.06 bits per heavy atom. The highest BCUT2D eigenvalue weighted by Crippen LogP contribution is 2.28. The second kappa shape index (κ2) is 12.7. The summed E-state index contributed by atoms with van der Waals surface area (Å²) < 4.78 is 5.27. The van der Waals surface area contributed by atoms with Crippen LogP contribution < -0.4 is 0 Å². The average Bonchev–Trinajstić information content (AvgIpc) is 3.30. The number of nitrogens with zero attached hydrogens (tertiary/aromatic N) is 3. The molecule has 1 N–H and O–H groups in total. The van der Waals surface area contributed by atoms with Crippen molar-refractivity contribution in [3.05, 3.63) is 83.7 Å². The van der Waals surface area contributed by atoms with Gasteiger partial charge in [-0.25, -0.2) is 9.78 Å². The molecule has 8 heteroatoms. The van der Waals surface area contributed by atoms with Crippen LogP contribution in [-0.4, -0.2) is 44.8 Å². The SMILES string of the molecule is CCOC(=O)N(CCCSc1ccnc(CSc2nc3ccccc3[nH]2)c1C)Cc1ccccc1. The molecule has 2 aromatic carbocycles. The van der Waals surface area contributed by atoms with Gasteiger partial charge in [-0.3, -0.25) is 4.98 Å². The van der Waals surface area contributed by atoms with Crippen molar-refractivity contribution in [2.24, 2.45) is 0 Å². The molecule has 0 radical (unpaired) electrons. The fourth-order valence-corrected chi connectivity index (χ4v) is 5.58. The number of aromatic amines is 1. The minimum absolute atomic E-state index is 0.258. The number of H-pyrrole nitrogens is 1. The van der Waals surface area contributed by atoms with E-state index < -0.39 is 0 Å². The van der Waals surface area contributed by atoms with Crippen molar-refractivity contribution in [2.45, 2.75) is 42.6 Å². The van der Waals surface area contributed by atoms with Crippen LogP contribution in [0.3, 0.4) is 0 Å². The molecule has 0 atom stereocenters. The molecule has 35 heavy (non-hydrogen) atoms. The number of pyridine rings is 1. The first-order valence-electron chi connectivity index (χ1n) is 11.7. The van der Waals surface area contributed by atoms with Crippen molar-refractivity contribution in [3.63, 3.8) is 0 Å². The van der Waals surface area contributed by atoms with E-state index in [-0.39, 0.29) is 6.09 Å². The van der Waals surface area contributed by atoms with Crippen LogP contribution in [0.25, 0.3) is 11.0 Å². The number of fused-ring (bicyclic) bond motifs is 1. The first-order valence-corrected chi connectivity index (χ1v) is 13.7. The van der Waals surface area contributed by atoms with Gasteiger partial charge in [0.1, 0.15) is 0 Å². The van der Waals surface area contributed by atoms with E-state index >= 15 is 0 Å². The molecule has 0 bridgehead atoms. The summed E-state index contributed by atoms with van der Waals surface area (Å²) in [6.07, 6.45) is 2.50. The van der Waals surface area contributed by atoms with Crippen molar-refractivity contribution in [1.82, 2.24) is 19.9 Å². The van der Waals surface area contributed by atoms with E-state index in [1.165, 1.54) is 10.5 Å². The number of nitrogens with one attached hydrogen (secondary N) is 1. The maximum absolute atomic E-state index is 12.4. The van der Waals surface area contributed by atoms with Gasteiger partial charge in [0.2, 0.25) is 0 Å². The lowest BCUT2D eigenvalue weighted by atomic mass is 10.2. The molecule has 0 unspecified atom stereocenters. The van der Waals surface area contributed by atoms with E-state index in [4.69, 9.17) is 4.74 Å². The van der Waals surface area contributed by atoms with Gasteiger partial charge < -0.3 is 14.6 Å². The minimum Gasteiger partial charge on any atom is -0.450 e. The highest BCUT2D eigenvalue weighted by Gasteiger charge is 2.15. The lowest BCUT2D eigenvalue weighted by Gasteiger charge is -2.22. The molecular weight excluding hydrogens is 476 g/mol. The number of aromatic nitrogens is 3. The molecule has 4 rings (SSSR count). The standard InChI is InChI=1S/C27H30N4O2S2/c1-3-33-27(32)31(18-21-10-5-4-6-11-21)16-9-17-34-25-14-15-28-24(20(25)2)19-35-26-29-22-12-7-8-13-23(22)30-26/h4-8,10-15H,3,9,16-19H2,1-2H3,(H,29,30). The van der Waals surface area contributed by atoms with E-state index in [1.54, 1.807) is 16.7 Å². The Hall–Kier alpha value is -2.97. The molecule has 2 aromatic heterocycles. The van der Waals surface area contributed by atoms with E-state index in [0.717, 1.165) is 45.4 Å². The predicted octanol–water partition coefficient (Wildman–Crippen LogP) is 6.70. The second-order valence-electron chi connectivity index (χ2n) is 8.04. The number of hydrogen-bond acceptors (Lipinski definition) is 6. The lowest BCUT2D eigenvalue weighted by Crippen LogP contribution is -2.32. The van der Waals surface area contributed by atoms with Gasteiger partial charge in [-0.1, -0.05) is 54.2 Å². The van der Waals surface area contributed by atoms with Crippen LogP contribution >= 0.6 is 23.5 Å². The summed E-state index contributed by atoms with van der Waals surface area (Å²) in [5, 5.41) is 0.905. The van der Waals surface area contributed by atoms with Crippen LogP contribution in [0.1, 0.15) is 30.2 Å². The third-order valence-electron chi connectivity index (χ3n) is 5.54. The third kappa shape index (κ3) is 7.02. The first-order chi connectivity index (χ1) is 17.1. The van der Waals surface area contributed by atoms with E-state index in [1.807, 2.05) is 79.5 Å². The molecule has 0 spiro atoms. The molecular formula is C27H30N4O2S2. The number of rotatable bonds is 11. The summed E-state index contributed by atoms with van der Waals surface area (Å²) in [6, 6.07) is 20.2. The maximum atomic E-state index is 12.4. The maximum Gasteiger partial charge on any atom is 0.410 e. The number of thioether (sulfide) groups is 2.